The van der Waals surface area contributed by atoms with Crippen molar-refractivity contribution in [1.29, 1.82) is 0 Å². The number of amides is 1. The van der Waals surface area contributed by atoms with Crippen LogP contribution in [0.25, 0.3) is 17.2 Å². The van der Waals surface area contributed by atoms with Crippen LogP contribution < -0.4 is 14.8 Å². The maximum Gasteiger partial charge on any atom is 0.341 e. The van der Waals surface area contributed by atoms with E-state index in [1.165, 1.54) is 23.0 Å². The Kier molecular flexibility index (Phi) is 9.53. The first-order valence-corrected chi connectivity index (χ1v) is 13.6. The number of hydrogen-bond acceptors (Lipinski definition) is 6. The number of benzene rings is 3. The molecular formula is C32H31NO5S. The van der Waals surface area contributed by atoms with E-state index in [1.807, 2.05) is 72.1 Å². The molecule has 0 atom stereocenters. The van der Waals surface area contributed by atoms with E-state index < -0.39 is 5.97 Å². The fourth-order valence-corrected chi connectivity index (χ4v) is 4.92. The van der Waals surface area contributed by atoms with Crippen molar-refractivity contribution in [2.24, 2.45) is 0 Å². The number of anilines is 1. The van der Waals surface area contributed by atoms with Gasteiger partial charge in [-0.05, 0) is 53.8 Å². The van der Waals surface area contributed by atoms with Crippen molar-refractivity contribution in [3.05, 3.63) is 107 Å². The summed E-state index contributed by atoms with van der Waals surface area (Å²) in [6, 6.07) is 23.4. The maximum absolute atomic E-state index is 12.8. The third kappa shape index (κ3) is 7.15. The second kappa shape index (κ2) is 13.4. The van der Waals surface area contributed by atoms with E-state index in [-0.39, 0.29) is 12.5 Å². The summed E-state index contributed by atoms with van der Waals surface area (Å²) < 4.78 is 16.7. The van der Waals surface area contributed by atoms with Gasteiger partial charge in [0.25, 0.3) is 0 Å². The predicted molar refractivity (Wildman–Crippen MR) is 157 cm³/mol. The summed E-state index contributed by atoms with van der Waals surface area (Å²) in [6.45, 7) is 4.51. The van der Waals surface area contributed by atoms with Gasteiger partial charge >= 0.3 is 5.97 Å². The molecule has 4 aromatic rings. The minimum Gasteiger partial charge on any atom is -0.493 e. The Bertz CT molecular complexity index is 1440. The summed E-state index contributed by atoms with van der Waals surface area (Å²) in [4.78, 5) is 25.7. The number of hydrogen-bond donors (Lipinski definition) is 1. The number of carbonyl (C=O) groups is 2. The van der Waals surface area contributed by atoms with Gasteiger partial charge in [0.2, 0.25) is 5.91 Å². The number of rotatable bonds is 11. The van der Waals surface area contributed by atoms with Crippen LogP contribution in [0.15, 0.2) is 84.3 Å². The number of aryl methyl sites for hydroxylation is 1. The minimum atomic E-state index is -0.469. The first-order chi connectivity index (χ1) is 19.0. The van der Waals surface area contributed by atoms with Crippen molar-refractivity contribution in [3.63, 3.8) is 0 Å². The molecule has 0 aliphatic rings. The van der Waals surface area contributed by atoms with Gasteiger partial charge in [0.05, 0.1) is 13.7 Å². The molecule has 6 nitrogen and oxygen atoms in total. The molecule has 1 N–H and O–H groups in total. The van der Waals surface area contributed by atoms with Gasteiger partial charge in [0.15, 0.2) is 11.5 Å². The average Bonchev–Trinajstić information content (AvgIpc) is 3.39. The van der Waals surface area contributed by atoms with E-state index in [2.05, 4.69) is 12.2 Å². The highest BCUT2D eigenvalue weighted by Gasteiger charge is 2.22. The summed E-state index contributed by atoms with van der Waals surface area (Å²) in [6.07, 6.45) is 4.03. The fraction of sp³-hybridized carbons (Fsp3) is 0.188. The van der Waals surface area contributed by atoms with Crippen LogP contribution in [0.3, 0.4) is 0 Å². The van der Waals surface area contributed by atoms with E-state index >= 15 is 0 Å². The van der Waals surface area contributed by atoms with Crippen LogP contribution >= 0.6 is 11.3 Å². The van der Waals surface area contributed by atoms with Crippen LogP contribution in [0.5, 0.6) is 11.5 Å². The van der Waals surface area contributed by atoms with Crippen molar-refractivity contribution < 1.29 is 23.8 Å². The van der Waals surface area contributed by atoms with Crippen molar-refractivity contribution >= 4 is 34.3 Å². The zero-order chi connectivity index (χ0) is 27.6. The van der Waals surface area contributed by atoms with E-state index in [1.54, 1.807) is 26.2 Å². The molecule has 1 heterocycles. The second-order valence-corrected chi connectivity index (χ2v) is 9.51. The number of ether oxygens (including phenoxy) is 3. The first kappa shape index (κ1) is 27.7. The monoisotopic (exact) mass is 541 g/mol. The number of esters is 1. The van der Waals surface area contributed by atoms with Crippen LogP contribution in [0, 0.1) is 0 Å². The van der Waals surface area contributed by atoms with Crippen LogP contribution in [0.2, 0.25) is 0 Å². The SMILES string of the molecule is CCOC(=O)c1c(-c2ccc(CC)cc2)csc1NC(=O)/C=C/c1ccc(OCc2ccccc2)c(OC)c1. The summed E-state index contributed by atoms with van der Waals surface area (Å²) in [5.41, 5.74) is 5.01. The molecule has 0 aliphatic carbocycles. The summed E-state index contributed by atoms with van der Waals surface area (Å²) in [5, 5.41) is 5.16. The second-order valence-electron chi connectivity index (χ2n) is 8.63. The molecular weight excluding hydrogens is 510 g/mol. The van der Waals surface area contributed by atoms with Crippen molar-refractivity contribution in [2.45, 2.75) is 26.9 Å². The zero-order valence-corrected chi connectivity index (χ0v) is 23.0. The smallest absolute Gasteiger partial charge is 0.341 e. The number of nitrogens with one attached hydrogen (secondary N) is 1. The van der Waals surface area contributed by atoms with Gasteiger partial charge in [-0.25, -0.2) is 4.79 Å². The molecule has 0 unspecified atom stereocenters. The molecule has 0 spiro atoms. The van der Waals surface area contributed by atoms with Crippen molar-refractivity contribution in [3.8, 4) is 22.6 Å². The van der Waals surface area contributed by atoms with Crippen molar-refractivity contribution in [1.82, 2.24) is 0 Å². The van der Waals surface area contributed by atoms with Gasteiger partial charge in [0.1, 0.15) is 17.2 Å². The van der Waals surface area contributed by atoms with E-state index in [9.17, 15) is 9.59 Å². The van der Waals surface area contributed by atoms with Gasteiger partial charge in [-0.15, -0.1) is 11.3 Å². The molecule has 7 heteroatoms. The standard InChI is InChI=1S/C32H31NO5S/c1-4-22-11-15-25(16-12-22)26-21-39-31(30(26)32(35)37-5-2)33-29(34)18-14-23-13-17-27(28(19-23)36-3)38-20-24-9-7-6-8-10-24/h6-19,21H,4-5,20H2,1-3H3,(H,33,34)/b18-14+. The highest BCUT2D eigenvalue weighted by molar-refractivity contribution is 7.15. The molecule has 4 rings (SSSR count). The van der Waals surface area contributed by atoms with Crippen LogP contribution in [0.1, 0.15) is 40.9 Å². The van der Waals surface area contributed by atoms with Crippen LogP contribution in [-0.2, 0) is 22.6 Å². The number of thiophene rings is 1. The Morgan fingerprint density at radius 1 is 0.923 bits per heavy atom. The third-order valence-corrected chi connectivity index (χ3v) is 6.93. The lowest BCUT2D eigenvalue weighted by Gasteiger charge is -2.11. The number of carbonyl (C=O) groups excluding carboxylic acids is 2. The Morgan fingerprint density at radius 2 is 1.69 bits per heavy atom. The average molecular weight is 542 g/mol. The lowest BCUT2D eigenvalue weighted by molar-refractivity contribution is -0.111. The quantitative estimate of drug-likeness (QED) is 0.158. The molecule has 0 radical (unpaired) electrons. The zero-order valence-electron chi connectivity index (χ0n) is 22.2. The lowest BCUT2D eigenvalue weighted by Crippen LogP contribution is -2.12. The fourth-order valence-electron chi connectivity index (χ4n) is 3.96. The molecule has 1 aromatic heterocycles. The normalized spacial score (nSPS) is 10.8. The molecule has 0 saturated carbocycles. The van der Waals surface area contributed by atoms with Crippen LogP contribution in [0.4, 0.5) is 5.00 Å². The van der Waals surface area contributed by atoms with Crippen LogP contribution in [-0.4, -0.2) is 25.6 Å². The lowest BCUT2D eigenvalue weighted by atomic mass is 10.0. The van der Waals surface area contributed by atoms with Gasteiger partial charge in [0, 0.05) is 17.0 Å². The minimum absolute atomic E-state index is 0.239. The third-order valence-electron chi connectivity index (χ3n) is 6.03. The predicted octanol–water partition coefficient (Wildman–Crippen LogP) is 7.39. The van der Waals surface area contributed by atoms with E-state index in [4.69, 9.17) is 14.2 Å². The summed E-state index contributed by atoms with van der Waals surface area (Å²) in [7, 11) is 1.58. The Hall–Kier alpha value is -4.36. The van der Waals surface area contributed by atoms with E-state index in [0.29, 0.717) is 28.7 Å². The molecule has 0 aliphatic heterocycles. The van der Waals surface area contributed by atoms with Crippen molar-refractivity contribution in [2.75, 3.05) is 19.0 Å². The first-order valence-electron chi connectivity index (χ1n) is 12.7. The van der Waals surface area contributed by atoms with Gasteiger partial charge < -0.3 is 19.5 Å². The largest absolute Gasteiger partial charge is 0.493 e. The summed E-state index contributed by atoms with van der Waals surface area (Å²) >= 11 is 1.29. The highest BCUT2D eigenvalue weighted by atomic mass is 32.1. The highest BCUT2D eigenvalue weighted by Crippen LogP contribution is 2.36. The van der Waals surface area contributed by atoms with Gasteiger partial charge in [-0.1, -0.05) is 67.6 Å². The molecule has 1 amide bonds. The molecule has 0 saturated heterocycles. The molecule has 39 heavy (non-hydrogen) atoms. The molecule has 200 valence electrons. The van der Waals surface area contributed by atoms with Gasteiger partial charge in [-0.2, -0.15) is 0 Å². The molecule has 3 aromatic carbocycles. The van der Waals surface area contributed by atoms with Gasteiger partial charge in [-0.3, -0.25) is 4.79 Å². The topological polar surface area (TPSA) is 73.9 Å². The molecule has 0 fully saturated rings. The Balaban J connectivity index is 1.48. The Morgan fingerprint density at radius 3 is 2.38 bits per heavy atom. The number of methoxy groups -OCH3 is 1. The summed E-state index contributed by atoms with van der Waals surface area (Å²) in [5.74, 6) is 0.345. The molecule has 0 bridgehead atoms. The van der Waals surface area contributed by atoms with E-state index in [0.717, 1.165) is 28.7 Å². The maximum atomic E-state index is 12.8. The Labute approximate surface area is 232 Å².